The van der Waals surface area contributed by atoms with Crippen LogP contribution in [0.3, 0.4) is 0 Å². The van der Waals surface area contributed by atoms with Gasteiger partial charge in [0.15, 0.2) is 0 Å². The molecule has 14 heavy (non-hydrogen) atoms. The number of carbonyl (C=O) groups is 1. The molecule has 4 heteroatoms. The van der Waals surface area contributed by atoms with Crippen LogP contribution in [-0.2, 0) is 4.79 Å². The van der Waals surface area contributed by atoms with E-state index in [1.165, 1.54) is 6.08 Å². The standard InChI is InChI=1S/C10H14N2O2/c1-2-4-8(5-3-6-11)7-9(12)10(13)14/h2-5,9,11H,7,12H2,1H3,(H,13,14)/b4-2-,8-5+. The van der Waals surface area contributed by atoms with Crippen LogP contribution in [0.2, 0.25) is 0 Å². The Balaban J connectivity index is 4.52. The highest BCUT2D eigenvalue weighted by Gasteiger charge is 2.11. The lowest BCUT2D eigenvalue weighted by Crippen LogP contribution is -2.30. The Morgan fingerprint density at radius 1 is 1.71 bits per heavy atom. The maximum atomic E-state index is 10.5. The van der Waals surface area contributed by atoms with E-state index in [1.807, 2.05) is 6.92 Å². The van der Waals surface area contributed by atoms with Gasteiger partial charge >= 0.3 is 5.97 Å². The molecule has 0 saturated heterocycles. The molecule has 0 aromatic carbocycles. The molecule has 0 aliphatic carbocycles. The van der Waals surface area contributed by atoms with Crippen LogP contribution < -0.4 is 5.73 Å². The first kappa shape index (κ1) is 12.4. The van der Waals surface area contributed by atoms with Crippen molar-refractivity contribution in [1.29, 1.82) is 5.41 Å². The maximum Gasteiger partial charge on any atom is 0.320 e. The van der Waals surface area contributed by atoms with Crippen molar-refractivity contribution in [1.82, 2.24) is 0 Å². The zero-order valence-electron chi connectivity index (χ0n) is 8.03. The van der Waals surface area contributed by atoms with Gasteiger partial charge in [-0.25, -0.2) is 0 Å². The lowest BCUT2D eigenvalue weighted by atomic mass is 10.1. The van der Waals surface area contributed by atoms with Gasteiger partial charge in [-0.15, -0.1) is 0 Å². The summed E-state index contributed by atoms with van der Waals surface area (Å²) in [6, 6.07) is -0.906. The number of carboxylic acid groups (broad SMARTS) is 1. The Labute approximate surface area is 82.9 Å². The Kier molecular flexibility index (Phi) is 6.03. The summed E-state index contributed by atoms with van der Waals surface area (Å²) in [7, 11) is 0. The van der Waals surface area contributed by atoms with Gasteiger partial charge in [0, 0.05) is 0 Å². The fourth-order valence-corrected chi connectivity index (χ4v) is 0.896. The second-order valence-corrected chi connectivity index (χ2v) is 2.70. The largest absolute Gasteiger partial charge is 0.480 e. The predicted molar refractivity (Wildman–Crippen MR) is 55.4 cm³/mol. The van der Waals surface area contributed by atoms with Crippen LogP contribution in [0.25, 0.3) is 0 Å². The number of hydrogen-bond acceptors (Lipinski definition) is 3. The molecule has 1 atom stereocenters. The van der Waals surface area contributed by atoms with Crippen molar-refractivity contribution in [2.24, 2.45) is 5.73 Å². The van der Waals surface area contributed by atoms with Crippen molar-refractivity contribution in [3.8, 4) is 0 Å². The summed E-state index contributed by atoms with van der Waals surface area (Å²) in [6.45, 7) is 1.83. The lowest BCUT2D eigenvalue weighted by Gasteiger charge is -2.05. The Morgan fingerprint density at radius 3 is 2.79 bits per heavy atom. The summed E-state index contributed by atoms with van der Waals surface area (Å²) in [5, 5.41) is 15.3. The molecule has 0 aromatic heterocycles. The third kappa shape index (κ3) is 5.09. The number of carboxylic acids is 1. The van der Waals surface area contributed by atoms with Crippen LogP contribution in [0.5, 0.6) is 0 Å². The summed E-state index contributed by atoms with van der Waals surface area (Å²) in [4.78, 5) is 10.5. The summed E-state index contributed by atoms with van der Waals surface area (Å²) in [5.41, 5.74) is 6.13. The first-order valence-corrected chi connectivity index (χ1v) is 4.17. The monoisotopic (exact) mass is 194 g/mol. The van der Waals surface area contributed by atoms with Crippen LogP contribution >= 0.6 is 0 Å². The molecule has 0 saturated carbocycles. The molecule has 0 amide bonds. The highest BCUT2D eigenvalue weighted by Crippen LogP contribution is 2.06. The summed E-state index contributed by atoms with van der Waals surface area (Å²) in [6.07, 6.45) is 6.83. The van der Waals surface area contributed by atoms with E-state index in [-0.39, 0.29) is 6.42 Å². The van der Waals surface area contributed by atoms with Gasteiger partial charge < -0.3 is 10.8 Å². The SMILES string of the molecule is C/C=C\C(=C/C=C=N)CC(N)C(=O)O. The molecule has 0 aliphatic rings. The number of allylic oxidation sites excluding steroid dienone is 4. The highest BCUT2D eigenvalue weighted by molar-refractivity contribution is 5.73. The van der Waals surface area contributed by atoms with E-state index in [4.69, 9.17) is 16.2 Å². The maximum absolute atomic E-state index is 10.5. The fraction of sp³-hybridized carbons (Fsp3) is 0.300. The summed E-state index contributed by atoms with van der Waals surface area (Å²) < 4.78 is 0. The Bertz CT molecular complexity index is 299. The Morgan fingerprint density at radius 2 is 2.36 bits per heavy atom. The molecule has 0 aromatic rings. The average molecular weight is 194 g/mol. The van der Waals surface area contributed by atoms with Crippen molar-refractivity contribution in [3.63, 3.8) is 0 Å². The molecule has 4 N–H and O–H groups in total. The Hall–Kier alpha value is -1.64. The third-order valence-electron chi connectivity index (χ3n) is 1.53. The molecular formula is C10H14N2O2. The first-order chi connectivity index (χ1) is 6.61. The van der Waals surface area contributed by atoms with Gasteiger partial charge in [-0.05, 0) is 36.9 Å². The second kappa shape index (κ2) is 6.83. The number of rotatable bonds is 5. The molecule has 0 aliphatic heterocycles. The number of aliphatic carboxylic acids is 1. The topological polar surface area (TPSA) is 87.2 Å². The second-order valence-electron chi connectivity index (χ2n) is 2.70. The van der Waals surface area contributed by atoms with Gasteiger partial charge in [0.25, 0.3) is 0 Å². The molecule has 0 bridgehead atoms. The molecule has 4 nitrogen and oxygen atoms in total. The average Bonchev–Trinajstić information content (AvgIpc) is 2.14. The molecule has 0 radical (unpaired) electrons. The zero-order valence-corrected chi connectivity index (χ0v) is 8.03. The van der Waals surface area contributed by atoms with Gasteiger partial charge in [0.2, 0.25) is 0 Å². The quantitative estimate of drug-likeness (QED) is 0.452. The summed E-state index contributed by atoms with van der Waals surface area (Å²) in [5.74, 6) is 1.06. The molecule has 0 heterocycles. The number of nitrogens with one attached hydrogen (secondary N) is 1. The van der Waals surface area contributed by atoms with E-state index in [1.54, 1.807) is 18.2 Å². The summed E-state index contributed by atoms with van der Waals surface area (Å²) >= 11 is 0. The molecule has 1 unspecified atom stereocenters. The molecular weight excluding hydrogens is 180 g/mol. The highest BCUT2D eigenvalue weighted by atomic mass is 16.4. The van der Waals surface area contributed by atoms with E-state index < -0.39 is 12.0 Å². The molecule has 0 rings (SSSR count). The fourth-order valence-electron chi connectivity index (χ4n) is 0.896. The van der Waals surface area contributed by atoms with Crippen molar-refractivity contribution in [2.75, 3.05) is 0 Å². The van der Waals surface area contributed by atoms with Crippen molar-refractivity contribution in [3.05, 3.63) is 29.9 Å². The van der Waals surface area contributed by atoms with Gasteiger partial charge in [-0.3, -0.25) is 10.2 Å². The smallest absolute Gasteiger partial charge is 0.320 e. The van der Waals surface area contributed by atoms with Crippen LogP contribution in [0, 0.1) is 5.41 Å². The van der Waals surface area contributed by atoms with Crippen LogP contribution in [0.1, 0.15) is 13.3 Å². The van der Waals surface area contributed by atoms with Crippen molar-refractivity contribution >= 4 is 11.8 Å². The van der Waals surface area contributed by atoms with E-state index in [0.29, 0.717) is 0 Å². The predicted octanol–water partition coefficient (Wildman–Crippen LogP) is 1.10. The van der Waals surface area contributed by atoms with Crippen LogP contribution in [0.15, 0.2) is 29.9 Å². The van der Waals surface area contributed by atoms with Crippen LogP contribution in [-0.4, -0.2) is 23.0 Å². The molecule has 0 spiro atoms. The van der Waals surface area contributed by atoms with E-state index in [9.17, 15) is 4.79 Å². The molecule has 0 fully saturated rings. The minimum absolute atomic E-state index is 0.248. The van der Waals surface area contributed by atoms with Gasteiger partial charge in [-0.2, -0.15) is 0 Å². The van der Waals surface area contributed by atoms with Gasteiger partial charge in [0.1, 0.15) is 6.04 Å². The van der Waals surface area contributed by atoms with Crippen LogP contribution in [0.4, 0.5) is 0 Å². The van der Waals surface area contributed by atoms with E-state index in [0.717, 1.165) is 5.57 Å². The van der Waals surface area contributed by atoms with Crippen molar-refractivity contribution in [2.45, 2.75) is 19.4 Å². The van der Waals surface area contributed by atoms with Crippen molar-refractivity contribution < 1.29 is 9.90 Å². The van der Waals surface area contributed by atoms with E-state index >= 15 is 0 Å². The third-order valence-corrected chi connectivity index (χ3v) is 1.53. The van der Waals surface area contributed by atoms with E-state index in [2.05, 4.69) is 5.87 Å². The lowest BCUT2D eigenvalue weighted by molar-refractivity contribution is -0.138. The molecule has 76 valence electrons. The normalized spacial score (nSPS) is 13.7. The van der Waals surface area contributed by atoms with Gasteiger partial charge in [-0.1, -0.05) is 12.2 Å². The number of nitrogens with two attached hydrogens (primary N) is 1. The first-order valence-electron chi connectivity index (χ1n) is 4.17. The minimum Gasteiger partial charge on any atom is -0.480 e. The number of hydrogen-bond donors (Lipinski definition) is 3. The minimum atomic E-state index is -1.03. The van der Waals surface area contributed by atoms with Gasteiger partial charge in [0.05, 0.1) is 0 Å². The zero-order chi connectivity index (χ0) is 11.0.